The lowest BCUT2D eigenvalue weighted by atomic mass is 9.97. The van der Waals surface area contributed by atoms with Gasteiger partial charge in [0.05, 0.1) is 6.10 Å². The highest BCUT2D eigenvalue weighted by Crippen LogP contribution is 2.19. The molecule has 100 valence electrons. The molecule has 1 aromatic heterocycles. The first kappa shape index (κ1) is 13.3. The van der Waals surface area contributed by atoms with E-state index in [1.807, 2.05) is 6.07 Å². The monoisotopic (exact) mass is 250 g/mol. The molecule has 2 heterocycles. The highest BCUT2D eigenvalue weighted by molar-refractivity contribution is 5.44. The van der Waals surface area contributed by atoms with Crippen LogP contribution in [0, 0.1) is 0 Å². The van der Waals surface area contributed by atoms with Crippen molar-refractivity contribution in [3.05, 3.63) is 24.0 Å². The van der Waals surface area contributed by atoms with Crippen LogP contribution in [0.2, 0.25) is 0 Å². The lowest BCUT2D eigenvalue weighted by Crippen LogP contribution is -2.40. The van der Waals surface area contributed by atoms with E-state index in [2.05, 4.69) is 10.4 Å². The maximum Gasteiger partial charge on any atom is 0.0590 e. The second kappa shape index (κ2) is 6.68. The Kier molecular flexibility index (Phi) is 4.92. The summed E-state index contributed by atoms with van der Waals surface area (Å²) in [5.41, 5.74) is 10.6. The smallest absolute Gasteiger partial charge is 0.0590 e. The zero-order chi connectivity index (χ0) is 12.8. The van der Waals surface area contributed by atoms with E-state index < -0.39 is 0 Å². The summed E-state index contributed by atoms with van der Waals surface area (Å²) in [5.74, 6) is 5.62. The molecule has 1 aromatic rings. The number of nitrogen functional groups attached to an aromatic ring is 1. The van der Waals surface area contributed by atoms with E-state index in [0.29, 0.717) is 6.10 Å². The fraction of sp³-hybridized carbons (Fsp3) is 0.615. The molecule has 0 amide bonds. The van der Waals surface area contributed by atoms with Gasteiger partial charge >= 0.3 is 0 Å². The maximum absolute atomic E-state index is 5.92. The molecule has 0 radical (unpaired) electrons. The molecule has 1 saturated heterocycles. The number of hydrogen-bond donors (Lipinski definition) is 3. The highest BCUT2D eigenvalue weighted by Gasteiger charge is 2.19. The Balaban J connectivity index is 1.90. The molecule has 0 aliphatic carbocycles. The van der Waals surface area contributed by atoms with E-state index in [9.17, 15) is 0 Å². The summed E-state index contributed by atoms with van der Waals surface area (Å²) in [6.07, 6.45) is 9.08. The SMILES string of the molecule is NNC(Cc1cnccc1N)CC1CCCCO1. The van der Waals surface area contributed by atoms with Gasteiger partial charge in [-0.15, -0.1) is 0 Å². The fourth-order valence-electron chi connectivity index (χ4n) is 2.39. The minimum Gasteiger partial charge on any atom is -0.398 e. The Hall–Kier alpha value is -1.17. The molecule has 5 N–H and O–H groups in total. The summed E-state index contributed by atoms with van der Waals surface area (Å²) in [4.78, 5) is 4.10. The van der Waals surface area contributed by atoms with Gasteiger partial charge in [-0.25, -0.2) is 0 Å². The van der Waals surface area contributed by atoms with E-state index in [0.717, 1.165) is 37.1 Å². The number of hydrogen-bond acceptors (Lipinski definition) is 5. The van der Waals surface area contributed by atoms with Crippen molar-refractivity contribution >= 4 is 5.69 Å². The summed E-state index contributed by atoms with van der Waals surface area (Å²) < 4.78 is 5.74. The van der Waals surface area contributed by atoms with Gasteiger partial charge in [0, 0.05) is 30.7 Å². The van der Waals surface area contributed by atoms with Crippen molar-refractivity contribution in [2.24, 2.45) is 5.84 Å². The Labute approximate surface area is 108 Å². The van der Waals surface area contributed by atoms with Crippen LogP contribution in [0.4, 0.5) is 5.69 Å². The molecule has 0 spiro atoms. The van der Waals surface area contributed by atoms with Crippen molar-refractivity contribution in [2.75, 3.05) is 12.3 Å². The van der Waals surface area contributed by atoms with Crippen molar-refractivity contribution in [1.82, 2.24) is 10.4 Å². The number of nitrogens with zero attached hydrogens (tertiary/aromatic N) is 1. The number of anilines is 1. The minimum atomic E-state index is 0.180. The van der Waals surface area contributed by atoms with Crippen LogP contribution in [0.5, 0.6) is 0 Å². The van der Waals surface area contributed by atoms with E-state index in [4.69, 9.17) is 16.3 Å². The number of aromatic nitrogens is 1. The molecule has 2 rings (SSSR count). The van der Waals surface area contributed by atoms with Crippen LogP contribution in [0.25, 0.3) is 0 Å². The van der Waals surface area contributed by atoms with Gasteiger partial charge in [0.25, 0.3) is 0 Å². The van der Waals surface area contributed by atoms with Crippen LogP contribution in [0.1, 0.15) is 31.2 Å². The molecule has 5 nitrogen and oxygen atoms in total. The van der Waals surface area contributed by atoms with Gasteiger partial charge in [-0.05, 0) is 43.7 Å². The standard InChI is InChI=1S/C13H22N4O/c14-13-4-5-16-9-10(13)7-11(17-15)8-12-3-1-2-6-18-12/h4-5,9,11-12,17H,1-3,6-8,15H2,(H2,14,16). The largest absolute Gasteiger partial charge is 0.398 e. The molecular formula is C13H22N4O. The summed E-state index contributed by atoms with van der Waals surface area (Å²) in [6, 6.07) is 2.00. The first-order valence-electron chi connectivity index (χ1n) is 6.55. The third-order valence-electron chi connectivity index (χ3n) is 3.46. The van der Waals surface area contributed by atoms with E-state index in [-0.39, 0.29) is 6.04 Å². The fourth-order valence-corrected chi connectivity index (χ4v) is 2.39. The van der Waals surface area contributed by atoms with Gasteiger partial charge in [0.2, 0.25) is 0 Å². The Morgan fingerprint density at radius 2 is 2.39 bits per heavy atom. The zero-order valence-electron chi connectivity index (χ0n) is 10.6. The quantitative estimate of drug-likeness (QED) is 0.536. The average molecular weight is 250 g/mol. The highest BCUT2D eigenvalue weighted by atomic mass is 16.5. The first-order valence-corrected chi connectivity index (χ1v) is 6.55. The first-order chi connectivity index (χ1) is 8.79. The Bertz CT molecular complexity index is 366. The number of nitrogens with one attached hydrogen (secondary N) is 1. The zero-order valence-corrected chi connectivity index (χ0v) is 10.6. The summed E-state index contributed by atoms with van der Waals surface area (Å²) in [5, 5.41) is 0. The van der Waals surface area contributed by atoms with Crippen molar-refractivity contribution in [3.63, 3.8) is 0 Å². The Morgan fingerprint density at radius 3 is 3.06 bits per heavy atom. The Morgan fingerprint density at radius 1 is 1.50 bits per heavy atom. The molecule has 1 aliphatic rings. The summed E-state index contributed by atoms with van der Waals surface area (Å²) >= 11 is 0. The normalized spacial score (nSPS) is 21.7. The predicted molar refractivity (Wildman–Crippen MR) is 71.7 cm³/mol. The van der Waals surface area contributed by atoms with Crippen LogP contribution in [0.15, 0.2) is 18.5 Å². The minimum absolute atomic E-state index is 0.180. The number of rotatable bonds is 5. The number of ether oxygens (including phenoxy) is 1. The van der Waals surface area contributed by atoms with E-state index in [1.54, 1.807) is 12.4 Å². The topological polar surface area (TPSA) is 86.2 Å². The molecule has 0 aromatic carbocycles. The van der Waals surface area contributed by atoms with Crippen molar-refractivity contribution < 1.29 is 4.74 Å². The predicted octanol–water partition coefficient (Wildman–Crippen LogP) is 0.997. The van der Waals surface area contributed by atoms with Gasteiger partial charge in [-0.2, -0.15) is 0 Å². The average Bonchev–Trinajstić information content (AvgIpc) is 2.41. The molecule has 2 unspecified atom stereocenters. The second-order valence-corrected chi connectivity index (χ2v) is 4.87. The lowest BCUT2D eigenvalue weighted by molar-refractivity contribution is 0.00524. The third-order valence-corrected chi connectivity index (χ3v) is 3.46. The van der Waals surface area contributed by atoms with E-state index in [1.165, 1.54) is 12.8 Å². The number of nitrogens with two attached hydrogens (primary N) is 2. The number of pyridine rings is 1. The van der Waals surface area contributed by atoms with Crippen LogP contribution < -0.4 is 17.0 Å². The van der Waals surface area contributed by atoms with Crippen molar-refractivity contribution in [1.29, 1.82) is 0 Å². The molecular weight excluding hydrogens is 228 g/mol. The molecule has 18 heavy (non-hydrogen) atoms. The molecule has 1 fully saturated rings. The molecule has 0 bridgehead atoms. The van der Waals surface area contributed by atoms with Crippen LogP contribution in [-0.2, 0) is 11.2 Å². The summed E-state index contributed by atoms with van der Waals surface area (Å²) in [7, 11) is 0. The second-order valence-electron chi connectivity index (χ2n) is 4.87. The van der Waals surface area contributed by atoms with Crippen LogP contribution in [-0.4, -0.2) is 23.7 Å². The van der Waals surface area contributed by atoms with Crippen molar-refractivity contribution in [3.8, 4) is 0 Å². The van der Waals surface area contributed by atoms with Gasteiger partial charge < -0.3 is 10.5 Å². The maximum atomic E-state index is 5.92. The van der Waals surface area contributed by atoms with Gasteiger partial charge in [-0.3, -0.25) is 16.3 Å². The summed E-state index contributed by atoms with van der Waals surface area (Å²) in [6.45, 7) is 0.872. The van der Waals surface area contributed by atoms with Gasteiger partial charge in [0.15, 0.2) is 0 Å². The molecule has 2 atom stereocenters. The van der Waals surface area contributed by atoms with Crippen molar-refractivity contribution in [2.45, 2.75) is 44.2 Å². The van der Waals surface area contributed by atoms with Crippen LogP contribution in [0.3, 0.4) is 0 Å². The van der Waals surface area contributed by atoms with Crippen LogP contribution >= 0.6 is 0 Å². The number of hydrazine groups is 1. The molecule has 1 aliphatic heterocycles. The third kappa shape index (κ3) is 3.66. The van der Waals surface area contributed by atoms with Gasteiger partial charge in [-0.1, -0.05) is 0 Å². The van der Waals surface area contributed by atoms with Gasteiger partial charge in [0.1, 0.15) is 0 Å². The van der Waals surface area contributed by atoms with E-state index >= 15 is 0 Å². The molecule has 0 saturated carbocycles. The molecule has 5 heteroatoms. The lowest BCUT2D eigenvalue weighted by Gasteiger charge is -2.26.